The van der Waals surface area contributed by atoms with E-state index in [0.29, 0.717) is 31.0 Å². The van der Waals surface area contributed by atoms with E-state index in [1.54, 1.807) is 25.3 Å². The number of nitrogens with zero attached hydrogens (tertiary/aromatic N) is 1. The molecule has 1 heterocycles. The predicted molar refractivity (Wildman–Crippen MR) is 83.9 cm³/mol. The molecule has 0 amide bonds. The van der Waals surface area contributed by atoms with Crippen LogP contribution in [0.25, 0.3) is 0 Å². The molecule has 1 aromatic carbocycles. The van der Waals surface area contributed by atoms with Crippen LogP contribution in [0.1, 0.15) is 24.4 Å². The molecule has 1 aliphatic rings. The smallest absolute Gasteiger partial charge is 0.191 e. The van der Waals surface area contributed by atoms with Gasteiger partial charge in [-0.3, -0.25) is 0 Å². The zero-order valence-corrected chi connectivity index (χ0v) is 13.4. The average molecular weight is 336 g/mol. The molecule has 3 N–H and O–H groups in total. The van der Waals surface area contributed by atoms with Gasteiger partial charge in [0.15, 0.2) is 5.89 Å². The van der Waals surface area contributed by atoms with Crippen LogP contribution in [0.15, 0.2) is 34.9 Å². The monoisotopic (exact) mass is 336 g/mol. The van der Waals surface area contributed by atoms with Gasteiger partial charge in [-0.25, -0.2) is 9.37 Å². The summed E-state index contributed by atoms with van der Waals surface area (Å²) in [5.41, 5.74) is 0.743. The van der Waals surface area contributed by atoms with Crippen molar-refractivity contribution >= 4 is 0 Å². The van der Waals surface area contributed by atoms with Gasteiger partial charge in [0.25, 0.3) is 0 Å². The number of hydrogen-bond acceptors (Lipinski definition) is 6. The minimum absolute atomic E-state index is 0.274. The molecule has 0 spiro atoms. The molecule has 4 atom stereocenters. The maximum absolute atomic E-state index is 13.2. The molecule has 1 aliphatic carbocycles. The van der Waals surface area contributed by atoms with Crippen molar-refractivity contribution < 1.29 is 23.8 Å². The average Bonchev–Trinajstić information content (AvgIpc) is 2.97. The molecule has 24 heavy (non-hydrogen) atoms. The second kappa shape index (κ2) is 7.29. The first-order valence-electron chi connectivity index (χ1n) is 7.95. The molecule has 1 aromatic heterocycles. The summed E-state index contributed by atoms with van der Waals surface area (Å²) in [6.45, 7) is 2.21. The highest BCUT2D eigenvalue weighted by molar-refractivity contribution is 5.23. The van der Waals surface area contributed by atoms with E-state index in [1.165, 1.54) is 12.1 Å². The van der Waals surface area contributed by atoms with Gasteiger partial charge >= 0.3 is 0 Å². The van der Waals surface area contributed by atoms with E-state index in [2.05, 4.69) is 10.3 Å². The summed E-state index contributed by atoms with van der Waals surface area (Å²) in [5.74, 6) is 0.524. The highest BCUT2D eigenvalue weighted by Gasteiger charge is 2.38. The lowest BCUT2D eigenvalue weighted by Crippen LogP contribution is -2.55. The molecule has 1 fully saturated rings. The maximum atomic E-state index is 13.2. The number of benzene rings is 1. The van der Waals surface area contributed by atoms with Crippen LogP contribution in [-0.4, -0.2) is 39.6 Å². The first kappa shape index (κ1) is 16.9. The van der Waals surface area contributed by atoms with Gasteiger partial charge in [-0.2, -0.15) is 0 Å². The molecule has 0 unspecified atom stereocenters. The summed E-state index contributed by atoms with van der Waals surface area (Å²) in [4.78, 5) is 4.18. The summed E-state index contributed by atoms with van der Waals surface area (Å²) < 4.78 is 24.0. The van der Waals surface area contributed by atoms with Crippen molar-refractivity contribution in [2.24, 2.45) is 0 Å². The third-order valence-electron chi connectivity index (χ3n) is 4.20. The fraction of sp³-hybridized carbons (Fsp3) is 0.471. The van der Waals surface area contributed by atoms with E-state index in [1.807, 2.05) is 0 Å². The van der Waals surface area contributed by atoms with Crippen LogP contribution in [0.3, 0.4) is 0 Å². The SMILES string of the molecule is Cc1nc(CN[C@@H]2CC[C@@H](Oc3cccc(F)c3)[C@@H](O)[C@@H]2O)co1. The molecule has 7 heteroatoms. The van der Waals surface area contributed by atoms with Crippen molar-refractivity contribution in [1.29, 1.82) is 0 Å². The normalized spacial score (nSPS) is 27.2. The third-order valence-corrected chi connectivity index (χ3v) is 4.20. The van der Waals surface area contributed by atoms with Gasteiger partial charge in [-0.15, -0.1) is 0 Å². The van der Waals surface area contributed by atoms with Gasteiger partial charge < -0.3 is 24.7 Å². The summed E-state index contributed by atoms with van der Waals surface area (Å²) in [6, 6.07) is 5.48. The number of aliphatic hydroxyl groups is 2. The fourth-order valence-corrected chi connectivity index (χ4v) is 2.93. The lowest BCUT2D eigenvalue weighted by atomic mass is 9.87. The molecular weight excluding hydrogens is 315 g/mol. The second-order valence-electron chi connectivity index (χ2n) is 6.02. The number of ether oxygens (including phenoxy) is 1. The van der Waals surface area contributed by atoms with Crippen LogP contribution in [0, 0.1) is 12.7 Å². The number of hydrogen-bond donors (Lipinski definition) is 3. The molecule has 0 saturated heterocycles. The number of aromatic nitrogens is 1. The molecule has 1 saturated carbocycles. The van der Waals surface area contributed by atoms with E-state index >= 15 is 0 Å². The summed E-state index contributed by atoms with van der Waals surface area (Å²) >= 11 is 0. The van der Waals surface area contributed by atoms with Crippen LogP contribution in [0.5, 0.6) is 5.75 Å². The summed E-state index contributed by atoms with van der Waals surface area (Å²) in [5, 5.41) is 23.8. The lowest BCUT2D eigenvalue weighted by molar-refractivity contribution is -0.0893. The topological polar surface area (TPSA) is 87.8 Å². The van der Waals surface area contributed by atoms with Gasteiger partial charge in [-0.1, -0.05) is 6.07 Å². The first-order valence-corrected chi connectivity index (χ1v) is 7.95. The third kappa shape index (κ3) is 3.92. The largest absolute Gasteiger partial charge is 0.488 e. The van der Waals surface area contributed by atoms with Gasteiger partial charge in [0.1, 0.15) is 30.0 Å². The van der Waals surface area contributed by atoms with Crippen molar-refractivity contribution in [2.45, 2.75) is 50.7 Å². The Morgan fingerprint density at radius 1 is 1.33 bits per heavy atom. The molecule has 0 aliphatic heterocycles. The van der Waals surface area contributed by atoms with Gasteiger partial charge in [0, 0.05) is 25.6 Å². The van der Waals surface area contributed by atoms with Crippen molar-refractivity contribution in [2.75, 3.05) is 0 Å². The Morgan fingerprint density at radius 3 is 2.88 bits per heavy atom. The number of oxazole rings is 1. The van der Waals surface area contributed by atoms with Crippen LogP contribution in [-0.2, 0) is 6.54 Å². The van der Waals surface area contributed by atoms with Crippen molar-refractivity contribution in [3.8, 4) is 5.75 Å². The van der Waals surface area contributed by atoms with E-state index in [9.17, 15) is 14.6 Å². The maximum Gasteiger partial charge on any atom is 0.191 e. The molecular formula is C17H21FN2O4. The van der Waals surface area contributed by atoms with Crippen LogP contribution in [0.2, 0.25) is 0 Å². The van der Waals surface area contributed by atoms with E-state index in [-0.39, 0.29) is 6.04 Å². The summed E-state index contributed by atoms with van der Waals surface area (Å²) in [7, 11) is 0. The van der Waals surface area contributed by atoms with Crippen molar-refractivity contribution in [1.82, 2.24) is 10.3 Å². The number of halogens is 1. The Hall–Kier alpha value is -1.96. The summed E-state index contributed by atoms with van der Waals surface area (Å²) in [6.07, 6.45) is 0.112. The predicted octanol–water partition coefficient (Wildman–Crippen LogP) is 1.54. The fourth-order valence-electron chi connectivity index (χ4n) is 2.93. The Balaban J connectivity index is 1.55. The van der Waals surface area contributed by atoms with E-state index in [0.717, 1.165) is 5.69 Å². The standard InChI is InChI=1S/C17H21FN2O4/c1-10-20-12(9-23-10)8-19-14-5-6-15(17(22)16(14)21)24-13-4-2-3-11(18)7-13/h2-4,7,9,14-17,19,21-22H,5-6,8H2,1H3/t14-,15-,16-,17-/m1/s1. The molecule has 6 nitrogen and oxygen atoms in total. The number of aliphatic hydroxyl groups excluding tert-OH is 2. The first-order chi connectivity index (χ1) is 11.5. The highest BCUT2D eigenvalue weighted by Crippen LogP contribution is 2.25. The zero-order valence-electron chi connectivity index (χ0n) is 13.4. The Labute approximate surface area is 139 Å². The van der Waals surface area contributed by atoms with Gasteiger partial charge in [0.05, 0.1) is 11.8 Å². The molecule has 130 valence electrons. The lowest BCUT2D eigenvalue weighted by Gasteiger charge is -2.37. The number of aryl methyl sites for hydroxylation is 1. The van der Waals surface area contributed by atoms with E-state index < -0.39 is 24.1 Å². The highest BCUT2D eigenvalue weighted by atomic mass is 19.1. The van der Waals surface area contributed by atoms with E-state index in [4.69, 9.17) is 9.15 Å². The van der Waals surface area contributed by atoms with Crippen LogP contribution < -0.4 is 10.1 Å². The quantitative estimate of drug-likeness (QED) is 0.768. The minimum atomic E-state index is -1.06. The van der Waals surface area contributed by atoms with Crippen LogP contribution in [0.4, 0.5) is 4.39 Å². The van der Waals surface area contributed by atoms with Crippen molar-refractivity contribution in [3.63, 3.8) is 0 Å². The second-order valence-corrected chi connectivity index (χ2v) is 6.02. The zero-order chi connectivity index (χ0) is 17.1. The van der Waals surface area contributed by atoms with Gasteiger partial charge in [-0.05, 0) is 25.0 Å². The minimum Gasteiger partial charge on any atom is -0.488 e. The number of nitrogens with one attached hydrogen (secondary N) is 1. The van der Waals surface area contributed by atoms with Crippen LogP contribution >= 0.6 is 0 Å². The number of rotatable bonds is 5. The Morgan fingerprint density at radius 2 is 2.17 bits per heavy atom. The van der Waals surface area contributed by atoms with Crippen molar-refractivity contribution in [3.05, 3.63) is 47.9 Å². The molecule has 3 rings (SSSR count). The Bertz CT molecular complexity index is 678. The Kier molecular flexibility index (Phi) is 5.13. The molecule has 2 aromatic rings. The molecule has 0 bridgehead atoms. The van der Waals surface area contributed by atoms with Gasteiger partial charge in [0.2, 0.25) is 0 Å². The molecule has 0 radical (unpaired) electrons.